The number of aliphatic hydroxyl groups excluding tert-OH is 2. The minimum atomic E-state index is -0.751. The SMILES string of the molecule is CO[C@@H]1O[C@@H]([C@H](O)C(C)(C)OC)C[C@H]1[C@@H]1CC=C2[C@@H]3[C@H](O)C[C@H]4C(C)(C)C(=O)C=C[C@]4(C)[C@H]3CC[C@]21C. The average molecular weight is 517 g/mol. The second-order valence-corrected chi connectivity index (χ2v) is 14.2. The van der Waals surface area contributed by atoms with Crippen molar-refractivity contribution in [3.63, 3.8) is 0 Å². The Labute approximate surface area is 222 Å². The van der Waals surface area contributed by atoms with Gasteiger partial charge in [0, 0.05) is 31.5 Å². The molecule has 1 aliphatic heterocycles. The standard InChI is InChI=1S/C31H48O6/c1-28(2)23-16-21(32)25-19-10-9-18(17-15-22(37-27(17)35-7)26(34)29(3,4)36-8)30(19,5)13-11-20(25)31(23,6)14-12-24(28)33/h10,12,14,17-18,20-23,25-27,32,34H,9,11,13,15-16H2,1-8H3/t17-,18-,20-,21+,22+,23-,25-,26-,27+,30-,31+/m0/s1. The van der Waals surface area contributed by atoms with Crippen LogP contribution in [0.3, 0.4) is 0 Å². The summed E-state index contributed by atoms with van der Waals surface area (Å²) in [7, 11) is 3.32. The number of fused-ring (bicyclic) bond motifs is 5. The van der Waals surface area contributed by atoms with E-state index in [0.29, 0.717) is 18.3 Å². The zero-order chi connectivity index (χ0) is 27.1. The predicted octanol–water partition coefficient (Wildman–Crippen LogP) is 4.68. The number of ketones is 1. The van der Waals surface area contributed by atoms with Crippen LogP contribution in [-0.2, 0) is 19.0 Å². The number of carbonyl (C=O) groups is 1. The molecule has 0 spiro atoms. The molecule has 0 radical (unpaired) electrons. The summed E-state index contributed by atoms with van der Waals surface area (Å²) in [6.45, 7) is 12.6. The van der Waals surface area contributed by atoms with Crippen LogP contribution in [0.4, 0.5) is 0 Å². The Morgan fingerprint density at radius 2 is 1.84 bits per heavy atom. The Bertz CT molecular complexity index is 982. The fraction of sp³-hybridized carbons (Fsp3) is 0.839. The van der Waals surface area contributed by atoms with E-state index in [2.05, 4.69) is 39.8 Å². The van der Waals surface area contributed by atoms with Gasteiger partial charge in [-0.1, -0.05) is 45.4 Å². The van der Waals surface area contributed by atoms with Gasteiger partial charge in [-0.05, 0) is 80.6 Å². The molecule has 2 N–H and O–H groups in total. The van der Waals surface area contributed by atoms with Crippen LogP contribution in [0.2, 0.25) is 0 Å². The monoisotopic (exact) mass is 516 g/mol. The van der Waals surface area contributed by atoms with Gasteiger partial charge in [-0.25, -0.2) is 0 Å². The fourth-order valence-electron chi connectivity index (χ4n) is 9.40. The molecule has 11 atom stereocenters. The van der Waals surface area contributed by atoms with E-state index < -0.39 is 23.2 Å². The largest absolute Gasteiger partial charge is 0.392 e. The lowest BCUT2D eigenvalue weighted by Gasteiger charge is -2.61. The smallest absolute Gasteiger partial charge is 0.161 e. The Morgan fingerprint density at radius 1 is 1.14 bits per heavy atom. The van der Waals surface area contributed by atoms with E-state index in [4.69, 9.17) is 14.2 Å². The Morgan fingerprint density at radius 3 is 2.49 bits per heavy atom. The van der Waals surface area contributed by atoms with E-state index in [1.807, 2.05) is 19.9 Å². The third-order valence-corrected chi connectivity index (χ3v) is 11.9. The zero-order valence-corrected chi connectivity index (χ0v) is 24.0. The number of ether oxygens (including phenoxy) is 3. The molecule has 208 valence electrons. The maximum Gasteiger partial charge on any atom is 0.161 e. The van der Waals surface area contributed by atoms with Crippen LogP contribution in [0.25, 0.3) is 0 Å². The van der Waals surface area contributed by atoms with Crippen LogP contribution in [-0.4, -0.2) is 60.4 Å². The summed E-state index contributed by atoms with van der Waals surface area (Å²) < 4.78 is 17.7. The molecule has 1 heterocycles. The molecule has 0 unspecified atom stereocenters. The van der Waals surface area contributed by atoms with Gasteiger partial charge < -0.3 is 24.4 Å². The molecule has 6 heteroatoms. The third-order valence-electron chi connectivity index (χ3n) is 11.9. The molecule has 2 saturated carbocycles. The Balaban J connectivity index is 1.42. The van der Waals surface area contributed by atoms with Gasteiger partial charge in [0.2, 0.25) is 0 Å². The molecular formula is C31H48O6. The Hall–Kier alpha value is -1.05. The van der Waals surface area contributed by atoms with E-state index in [-0.39, 0.29) is 46.8 Å². The summed E-state index contributed by atoms with van der Waals surface area (Å²) in [5.41, 5.74) is 0.0892. The summed E-state index contributed by atoms with van der Waals surface area (Å²) >= 11 is 0. The number of aliphatic hydroxyl groups is 2. The second-order valence-electron chi connectivity index (χ2n) is 14.2. The van der Waals surface area contributed by atoms with Crippen LogP contribution in [0.15, 0.2) is 23.8 Å². The molecule has 6 nitrogen and oxygen atoms in total. The van der Waals surface area contributed by atoms with Crippen LogP contribution in [0.5, 0.6) is 0 Å². The first-order valence-electron chi connectivity index (χ1n) is 14.3. The number of allylic oxidation sites excluding steroid dienone is 3. The first kappa shape index (κ1) is 27.5. The minimum absolute atomic E-state index is 0.0452. The molecule has 0 aromatic carbocycles. The van der Waals surface area contributed by atoms with E-state index in [0.717, 1.165) is 25.7 Å². The highest BCUT2D eigenvalue weighted by Gasteiger charge is 2.64. The fourth-order valence-corrected chi connectivity index (χ4v) is 9.40. The normalized spacial score (nSPS) is 47.7. The minimum Gasteiger partial charge on any atom is -0.392 e. The van der Waals surface area contributed by atoms with Gasteiger partial charge in [-0.3, -0.25) is 4.79 Å². The molecule has 0 aromatic heterocycles. The first-order chi connectivity index (χ1) is 17.2. The van der Waals surface area contributed by atoms with Gasteiger partial charge in [-0.2, -0.15) is 0 Å². The molecule has 37 heavy (non-hydrogen) atoms. The van der Waals surface area contributed by atoms with Crippen molar-refractivity contribution in [2.75, 3.05) is 14.2 Å². The maximum atomic E-state index is 12.8. The number of hydrogen-bond donors (Lipinski definition) is 2. The van der Waals surface area contributed by atoms with Crippen LogP contribution in [0, 0.1) is 45.8 Å². The van der Waals surface area contributed by atoms with Crippen LogP contribution < -0.4 is 0 Å². The quantitative estimate of drug-likeness (QED) is 0.516. The van der Waals surface area contributed by atoms with Gasteiger partial charge in [0.25, 0.3) is 0 Å². The Kier molecular flexibility index (Phi) is 6.68. The van der Waals surface area contributed by atoms with Crippen molar-refractivity contribution in [3.05, 3.63) is 23.8 Å². The summed E-state index contributed by atoms with van der Waals surface area (Å²) in [4.78, 5) is 12.8. The van der Waals surface area contributed by atoms with E-state index in [9.17, 15) is 15.0 Å². The van der Waals surface area contributed by atoms with E-state index in [1.54, 1.807) is 14.2 Å². The van der Waals surface area contributed by atoms with Gasteiger partial charge in [0.05, 0.1) is 17.8 Å². The lowest BCUT2D eigenvalue weighted by Crippen LogP contribution is -2.59. The topological polar surface area (TPSA) is 85.2 Å². The predicted molar refractivity (Wildman–Crippen MR) is 142 cm³/mol. The number of rotatable bonds is 5. The highest BCUT2D eigenvalue weighted by molar-refractivity contribution is 5.95. The third kappa shape index (κ3) is 3.88. The second kappa shape index (κ2) is 8.99. The lowest BCUT2D eigenvalue weighted by molar-refractivity contribution is -0.188. The molecule has 1 saturated heterocycles. The number of methoxy groups -OCH3 is 2. The number of carbonyl (C=O) groups excluding carboxylic acids is 1. The molecule has 3 fully saturated rings. The van der Waals surface area contributed by atoms with Gasteiger partial charge >= 0.3 is 0 Å². The van der Waals surface area contributed by atoms with Crippen molar-refractivity contribution in [2.45, 2.75) is 104 Å². The molecule has 0 amide bonds. The van der Waals surface area contributed by atoms with Gasteiger partial charge in [0.15, 0.2) is 12.1 Å². The molecule has 5 rings (SSSR count). The molecule has 5 aliphatic rings. The summed E-state index contributed by atoms with van der Waals surface area (Å²) in [5.74, 6) is 1.23. The maximum absolute atomic E-state index is 12.8. The van der Waals surface area contributed by atoms with Crippen molar-refractivity contribution < 1.29 is 29.2 Å². The number of hydrogen-bond acceptors (Lipinski definition) is 6. The molecule has 4 aliphatic carbocycles. The average Bonchev–Trinajstić information content (AvgIpc) is 3.43. The summed E-state index contributed by atoms with van der Waals surface area (Å²) in [6.07, 6.45) is 8.89. The van der Waals surface area contributed by atoms with Crippen molar-refractivity contribution >= 4 is 5.78 Å². The van der Waals surface area contributed by atoms with Gasteiger partial charge in [0.1, 0.15) is 6.10 Å². The van der Waals surface area contributed by atoms with E-state index in [1.165, 1.54) is 5.57 Å². The molecule has 0 bridgehead atoms. The summed E-state index contributed by atoms with van der Waals surface area (Å²) in [6, 6.07) is 0. The van der Waals surface area contributed by atoms with Crippen molar-refractivity contribution in [2.24, 2.45) is 45.8 Å². The first-order valence-corrected chi connectivity index (χ1v) is 14.3. The highest BCUT2D eigenvalue weighted by Crippen LogP contribution is 2.68. The van der Waals surface area contributed by atoms with Gasteiger partial charge in [-0.15, -0.1) is 0 Å². The van der Waals surface area contributed by atoms with E-state index >= 15 is 0 Å². The van der Waals surface area contributed by atoms with Crippen LogP contribution in [0.1, 0.15) is 73.6 Å². The van der Waals surface area contributed by atoms with Crippen LogP contribution >= 0.6 is 0 Å². The highest BCUT2D eigenvalue weighted by atomic mass is 16.7. The molecular weight excluding hydrogens is 468 g/mol. The van der Waals surface area contributed by atoms with Crippen molar-refractivity contribution in [1.82, 2.24) is 0 Å². The zero-order valence-electron chi connectivity index (χ0n) is 24.0. The summed E-state index contributed by atoms with van der Waals surface area (Å²) in [5, 5.41) is 22.7. The van der Waals surface area contributed by atoms with Crippen molar-refractivity contribution in [3.8, 4) is 0 Å². The molecule has 0 aromatic rings. The lowest BCUT2D eigenvalue weighted by atomic mass is 9.43. The van der Waals surface area contributed by atoms with Crippen molar-refractivity contribution in [1.29, 1.82) is 0 Å².